The third-order valence-electron chi connectivity index (χ3n) is 0.887. The number of carboxylic acid groups (broad SMARTS) is 1. The van der Waals surface area contributed by atoms with Crippen molar-refractivity contribution < 1.29 is 9.90 Å². The van der Waals surface area contributed by atoms with Gasteiger partial charge in [0.2, 0.25) is 0 Å². The highest BCUT2D eigenvalue weighted by atomic mass is 79.9. The van der Waals surface area contributed by atoms with Crippen LogP contribution in [-0.4, -0.2) is 16.1 Å². The minimum Gasteiger partial charge on any atom is -0.477 e. The van der Waals surface area contributed by atoms with Gasteiger partial charge in [-0.1, -0.05) is 0 Å². The molecule has 0 aliphatic heterocycles. The van der Waals surface area contributed by atoms with Gasteiger partial charge in [0.25, 0.3) is 0 Å². The summed E-state index contributed by atoms with van der Waals surface area (Å²) in [5.74, 6) is -0.933. The predicted octanol–water partition coefficient (Wildman–Crippen LogP) is 1.91. The number of carbonyl (C=O) groups is 1. The van der Waals surface area contributed by atoms with Gasteiger partial charge in [-0.2, -0.15) is 0 Å². The van der Waals surface area contributed by atoms with Crippen LogP contribution in [0.3, 0.4) is 0 Å². The van der Waals surface area contributed by atoms with Crippen molar-refractivity contribution >= 4 is 33.2 Å². The SMILES string of the molecule is Cc1nc(Br)c(C(=O)O)s1. The van der Waals surface area contributed by atoms with Crippen LogP contribution >= 0.6 is 27.3 Å². The van der Waals surface area contributed by atoms with Crippen LogP contribution in [0.4, 0.5) is 0 Å². The number of halogens is 1. The monoisotopic (exact) mass is 221 g/mol. The lowest BCUT2D eigenvalue weighted by molar-refractivity contribution is 0.0701. The molecule has 1 aromatic heterocycles. The van der Waals surface area contributed by atoms with Crippen LogP contribution in [-0.2, 0) is 0 Å². The van der Waals surface area contributed by atoms with Gasteiger partial charge in [0.1, 0.15) is 9.48 Å². The molecule has 0 atom stereocenters. The molecule has 0 fully saturated rings. The fourth-order valence-electron chi connectivity index (χ4n) is 0.534. The second-order valence-corrected chi connectivity index (χ2v) is 3.61. The lowest BCUT2D eigenvalue weighted by Crippen LogP contribution is -1.91. The lowest BCUT2D eigenvalue weighted by atomic mass is 10.6. The Bertz CT molecular complexity index is 271. The van der Waals surface area contributed by atoms with Gasteiger partial charge in [-0.05, 0) is 22.9 Å². The number of aryl methyl sites for hydroxylation is 1. The smallest absolute Gasteiger partial charge is 0.348 e. The molecular formula is C5H4BrNO2S. The van der Waals surface area contributed by atoms with E-state index in [1.807, 2.05) is 0 Å². The molecule has 0 bridgehead atoms. The van der Waals surface area contributed by atoms with E-state index in [9.17, 15) is 4.79 Å². The van der Waals surface area contributed by atoms with Crippen LogP contribution in [0, 0.1) is 6.92 Å². The van der Waals surface area contributed by atoms with Gasteiger partial charge in [-0.25, -0.2) is 9.78 Å². The zero-order valence-corrected chi connectivity index (χ0v) is 7.49. The standard InChI is InChI=1S/C5H4BrNO2S/c1-2-7-4(6)3(10-2)5(8)9/h1H3,(H,8,9). The summed E-state index contributed by atoms with van der Waals surface area (Å²) in [6.07, 6.45) is 0. The van der Waals surface area contributed by atoms with Crippen molar-refractivity contribution in [2.24, 2.45) is 0 Å². The summed E-state index contributed by atoms with van der Waals surface area (Å²) in [5, 5.41) is 9.27. The summed E-state index contributed by atoms with van der Waals surface area (Å²) < 4.78 is 0.419. The molecule has 0 saturated carbocycles. The molecule has 0 spiro atoms. The Morgan fingerprint density at radius 3 is 2.60 bits per heavy atom. The molecule has 0 aliphatic rings. The summed E-state index contributed by atoms with van der Waals surface area (Å²) in [7, 11) is 0. The van der Waals surface area contributed by atoms with Crippen LogP contribution in [0.2, 0.25) is 0 Å². The van der Waals surface area contributed by atoms with E-state index in [1.165, 1.54) is 0 Å². The average molecular weight is 222 g/mol. The minimum atomic E-state index is -0.933. The first-order chi connectivity index (χ1) is 4.61. The van der Waals surface area contributed by atoms with Gasteiger partial charge in [0, 0.05) is 0 Å². The van der Waals surface area contributed by atoms with E-state index < -0.39 is 5.97 Å². The van der Waals surface area contributed by atoms with Crippen LogP contribution in [0.15, 0.2) is 4.60 Å². The maximum atomic E-state index is 10.4. The van der Waals surface area contributed by atoms with E-state index in [0.29, 0.717) is 4.60 Å². The van der Waals surface area contributed by atoms with Crippen molar-refractivity contribution in [2.75, 3.05) is 0 Å². The van der Waals surface area contributed by atoms with Gasteiger partial charge in [-0.15, -0.1) is 11.3 Å². The lowest BCUT2D eigenvalue weighted by Gasteiger charge is -1.82. The summed E-state index contributed by atoms with van der Waals surface area (Å²) in [6.45, 7) is 1.77. The van der Waals surface area contributed by atoms with E-state index in [4.69, 9.17) is 5.11 Å². The summed E-state index contributed by atoms with van der Waals surface area (Å²) >= 11 is 4.20. The number of aromatic carboxylic acids is 1. The molecule has 5 heteroatoms. The van der Waals surface area contributed by atoms with Crippen molar-refractivity contribution in [3.8, 4) is 0 Å². The topological polar surface area (TPSA) is 50.2 Å². The van der Waals surface area contributed by atoms with E-state index in [-0.39, 0.29) is 4.88 Å². The molecule has 0 amide bonds. The maximum Gasteiger partial charge on any atom is 0.348 e. The zero-order chi connectivity index (χ0) is 7.72. The Kier molecular flexibility index (Phi) is 2.05. The van der Waals surface area contributed by atoms with Crippen molar-refractivity contribution in [1.82, 2.24) is 4.98 Å². The van der Waals surface area contributed by atoms with Gasteiger partial charge in [-0.3, -0.25) is 0 Å². The number of carboxylic acids is 1. The van der Waals surface area contributed by atoms with E-state index >= 15 is 0 Å². The quantitative estimate of drug-likeness (QED) is 0.789. The molecule has 10 heavy (non-hydrogen) atoms. The molecule has 0 aliphatic carbocycles. The molecule has 1 rings (SSSR count). The minimum absolute atomic E-state index is 0.262. The van der Waals surface area contributed by atoms with Crippen molar-refractivity contribution in [1.29, 1.82) is 0 Å². The summed E-state index contributed by atoms with van der Waals surface area (Å²) in [5.41, 5.74) is 0. The van der Waals surface area contributed by atoms with Crippen LogP contribution in [0.25, 0.3) is 0 Å². The fraction of sp³-hybridized carbons (Fsp3) is 0.200. The van der Waals surface area contributed by atoms with Crippen LogP contribution < -0.4 is 0 Å². The van der Waals surface area contributed by atoms with Crippen LogP contribution in [0.5, 0.6) is 0 Å². The Morgan fingerprint density at radius 2 is 2.40 bits per heavy atom. The second kappa shape index (κ2) is 2.67. The van der Waals surface area contributed by atoms with Gasteiger partial charge >= 0.3 is 5.97 Å². The number of hydrogen-bond acceptors (Lipinski definition) is 3. The first-order valence-corrected chi connectivity index (χ1v) is 4.08. The van der Waals surface area contributed by atoms with E-state index in [0.717, 1.165) is 16.3 Å². The molecule has 1 aromatic rings. The number of thiazole rings is 1. The highest BCUT2D eigenvalue weighted by Crippen LogP contribution is 2.22. The molecular weight excluding hydrogens is 218 g/mol. The van der Waals surface area contributed by atoms with Crippen molar-refractivity contribution in [3.63, 3.8) is 0 Å². The van der Waals surface area contributed by atoms with Crippen molar-refractivity contribution in [3.05, 3.63) is 14.5 Å². The Hall–Kier alpha value is -0.420. The number of aromatic nitrogens is 1. The van der Waals surface area contributed by atoms with Gasteiger partial charge in [0.05, 0.1) is 5.01 Å². The zero-order valence-electron chi connectivity index (χ0n) is 5.09. The molecule has 1 N–H and O–H groups in total. The summed E-state index contributed by atoms with van der Waals surface area (Å²) in [4.78, 5) is 14.5. The average Bonchev–Trinajstić information content (AvgIpc) is 2.10. The fourth-order valence-corrected chi connectivity index (χ4v) is 1.98. The first-order valence-electron chi connectivity index (χ1n) is 2.47. The maximum absolute atomic E-state index is 10.4. The van der Waals surface area contributed by atoms with E-state index in [2.05, 4.69) is 20.9 Å². The highest BCUT2D eigenvalue weighted by molar-refractivity contribution is 9.10. The Labute approximate surface area is 69.8 Å². The molecule has 1 heterocycles. The molecule has 0 radical (unpaired) electrons. The Morgan fingerprint density at radius 1 is 1.80 bits per heavy atom. The molecule has 0 saturated heterocycles. The van der Waals surface area contributed by atoms with Gasteiger partial charge < -0.3 is 5.11 Å². The third kappa shape index (κ3) is 1.35. The van der Waals surface area contributed by atoms with E-state index in [1.54, 1.807) is 6.92 Å². The molecule has 54 valence electrons. The highest BCUT2D eigenvalue weighted by Gasteiger charge is 2.12. The van der Waals surface area contributed by atoms with Crippen molar-refractivity contribution in [2.45, 2.75) is 6.92 Å². The molecule has 0 unspecified atom stereocenters. The van der Waals surface area contributed by atoms with Crippen LogP contribution in [0.1, 0.15) is 14.7 Å². The summed E-state index contributed by atoms with van der Waals surface area (Å²) in [6, 6.07) is 0. The normalized spacial score (nSPS) is 9.80. The number of rotatable bonds is 1. The Balaban J connectivity index is 3.15. The number of hydrogen-bond donors (Lipinski definition) is 1. The largest absolute Gasteiger partial charge is 0.477 e. The third-order valence-corrected chi connectivity index (χ3v) is 2.68. The molecule has 0 aromatic carbocycles. The first kappa shape index (κ1) is 7.68. The number of nitrogens with zero attached hydrogens (tertiary/aromatic N) is 1. The van der Waals surface area contributed by atoms with Gasteiger partial charge in [0.15, 0.2) is 0 Å². The molecule has 3 nitrogen and oxygen atoms in total. The predicted molar refractivity (Wildman–Crippen MR) is 41.5 cm³/mol. The second-order valence-electron chi connectivity index (χ2n) is 1.66.